The molecule has 19 heavy (non-hydrogen) atoms. The Morgan fingerprint density at radius 3 is 2.84 bits per heavy atom. The molecule has 4 atom stereocenters. The van der Waals surface area contributed by atoms with Crippen LogP contribution in [0.15, 0.2) is 17.1 Å². The molecule has 0 unspecified atom stereocenters. The van der Waals surface area contributed by atoms with E-state index in [1.165, 1.54) is 10.8 Å². The topological polar surface area (TPSA) is 101 Å². The largest absolute Gasteiger partial charge is 0.493 e. The van der Waals surface area contributed by atoms with Crippen LogP contribution in [0.1, 0.15) is 11.8 Å². The van der Waals surface area contributed by atoms with Crippen LogP contribution in [0.2, 0.25) is 0 Å². The van der Waals surface area contributed by atoms with Crippen molar-refractivity contribution in [1.82, 2.24) is 4.57 Å². The molecule has 1 aromatic rings. The maximum Gasteiger partial charge on any atom is 0.259 e. The molecule has 1 fully saturated rings. The van der Waals surface area contributed by atoms with Crippen molar-refractivity contribution in [3.05, 3.63) is 28.2 Å². The highest BCUT2D eigenvalue weighted by molar-refractivity contribution is 5.34. The summed E-state index contributed by atoms with van der Waals surface area (Å²) in [5.41, 5.74) is 0.241. The fourth-order valence-corrected chi connectivity index (χ4v) is 2.52. The van der Waals surface area contributed by atoms with Gasteiger partial charge in [0.1, 0.15) is 24.1 Å². The Balaban J connectivity index is 1.98. The molecule has 7 nitrogen and oxygen atoms in total. The number of aliphatic hydroxyl groups excluding tert-OH is 3. The molecule has 2 aliphatic rings. The summed E-state index contributed by atoms with van der Waals surface area (Å²) in [6, 6.07) is 1.64. The average molecular weight is 269 g/mol. The van der Waals surface area contributed by atoms with Gasteiger partial charge in [-0.25, -0.2) is 0 Å². The second-order valence-electron chi connectivity index (χ2n) is 4.70. The first-order valence-electron chi connectivity index (χ1n) is 6.12. The number of aromatic nitrogens is 1. The predicted octanol–water partition coefficient (Wildman–Crippen LogP) is -1.61. The molecular formula is C12H15NO6. The second kappa shape index (κ2) is 4.61. The number of ether oxygens (including phenoxy) is 2. The van der Waals surface area contributed by atoms with E-state index in [9.17, 15) is 15.0 Å². The Labute approximate surface area is 108 Å². The van der Waals surface area contributed by atoms with Gasteiger partial charge in [-0.05, 0) is 6.07 Å². The van der Waals surface area contributed by atoms with E-state index in [0.29, 0.717) is 24.3 Å². The van der Waals surface area contributed by atoms with E-state index in [4.69, 9.17) is 14.6 Å². The van der Waals surface area contributed by atoms with Crippen molar-refractivity contribution in [3.63, 3.8) is 0 Å². The minimum absolute atomic E-state index is 0.301. The normalized spacial score (nSPS) is 33.2. The van der Waals surface area contributed by atoms with Crippen molar-refractivity contribution in [2.24, 2.45) is 0 Å². The summed E-state index contributed by atoms with van der Waals surface area (Å²) >= 11 is 0. The standard InChI is InChI=1S/C12H15NO6/c14-5-8-9(15)10(16)12(19-8)13-3-1-7-6(11(13)17)2-4-18-7/h1,3,8-10,12,14-16H,2,4-5H2/t8-,9-,10-,12-/m1/s1. The molecule has 1 saturated heterocycles. The third-order valence-electron chi connectivity index (χ3n) is 3.58. The lowest BCUT2D eigenvalue weighted by molar-refractivity contribution is -0.0544. The Morgan fingerprint density at radius 2 is 2.16 bits per heavy atom. The van der Waals surface area contributed by atoms with Gasteiger partial charge >= 0.3 is 0 Å². The predicted molar refractivity (Wildman–Crippen MR) is 62.9 cm³/mol. The van der Waals surface area contributed by atoms with Crippen LogP contribution in [-0.4, -0.2) is 51.4 Å². The molecule has 0 aromatic carbocycles. The number of nitrogens with zero attached hydrogens (tertiary/aromatic N) is 1. The van der Waals surface area contributed by atoms with Gasteiger partial charge in [-0.2, -0.15) is 0 Å². The first-order chi connectivity index (χ1) is 9.13. The maximum absolute atomic E-state index is 12.2. The van der Waals surface area contributed by atoms with E-state index in [1.807, 2.05) is 0 Å². The molecule has 0 bridgehead atoms. The second-order valence-corrected chi connectivity index (χ2v) is 4.70. The van der Waals surface area contributed by atoms with Crippen molar-refractivity contribution in [2.45, 2.75) is 31.0 Å². The average Bonchev–Trinajstić information content (AvgIpc) is 2.98. The van der Waals surface area contributed by atoms with E-state index in [1.54, 1.807) is 6.07 Å². The van der Waals surface area contributed by atoms with Gasteiger partial charge in [0, 0.05) is 12.6 Å². The van der Waals surface area contributed by atoms with Gasteiger partial charge in [0.15, 0.2) is 6.23 Å². The van der Waals surface area contributed by atoms with Crippen LogP contribution in [0.3, 0.4) is 0 Å². The maximum atomic E-state index is 12.2. The molecular weight excluding hydrogens is 254 g/mol. The van der Waals surface area contributed by atoms with E-state index in [-0.39, 0.29) is 5.56 Å². The van der Waals surface area contributed by atoms with Crippen molar-refractivity contribution in [3.8, 4) is 5.75 Å². The molecule has 1 aromatic heterocycles. The van der Waals surface area contributed by atoms with Crippen LogP contribution in [-0.2, 0) is 11.2 Å². The van der Waals surface area contributed by atoms with E-state index < -0.39 is 31.1 Å². The molecule has 2 aliphatic heterocycles. The zero-order valence-electron chi connectivity index (χ0n) is 10.1. The van der Waals surface area contributed by atoms with Crippen LogP contribution >= 0.6 is 0 Å². The smallest absolute Gasteiger partial charge is 0.259 e. The van der Waals surface area contributed by atoms with Crippen LogP contribution in [0.25, 0.3) is 0 Å². The molecule has 0 spiro atoms. The fraction of sp³-hybridized carbons (Fsp3) is 0.583. The Kier molecular flexibility index (Phi) is 3.06. The van der Waals surface area contributed by atoms with Crippen molar-refractivity contribution in [1.29, 1.82) is 0 Å². The monoisotopic (exact) mass is 269 g/mol. The van der Waals surface area contributed by atoms with Gasteiger partial charge in [0.25, 0.3) is 5.56 Å². The van der Waals surface area contributed by atoms with Crippen molar-refractivity contribution in [2.75, 3.05) is 13.2 Å². The van der Waals surface area contributed by atoms with Gasteiger partial charge in [-0.3, -0.25) is 9.36 Å². The van der Waals surface area contributed by atoms with Crippen LogP contribution in [0, 0.1) is 0 Å². The fourth-order valence-electron chi connectivity index (χ4n) is 2.52. The van der Waals surface area contributed by atoms with Crippen molar-refractivity contribution < 1.29 is 24.8 Å². The number of aliphatic hydroxyl groups is 3. The number of fused-ring (bicyclic) bond motifs is 1. The molecule has 3 N–H and O–H groups in total. The molecule has 0 aliphatic carbocycles. The first-order valence-corrected chi connectivity index (χ1v) is 6.12. The summed E-state index contributed by atoms with van der Waals surface area (Å²) in [4.78, 5) is 12.2. The van der Waals surface area contributed by atoms with Gasteiger partial charge in [-0.1, -0.05) is 0 Å². The summed E-state index contributed by atoms with van der Waals surface area (Å²) in [5, 5.41) is 28.6. The van der Waals surface area contributed by atoms with Gasteiger partial charge < -0.3 is 24.8 Å². The van der Waals surface area contributed by atoms with Gasteiger partial charge in [0.05, 0.1) is 18.8 Å². The third kappa shape index (κ3) is 1.86. The molecule has 0 saturated carbocycles. The highest BCUT2D eigenvalue weighted by Crippen LogP contribution is 2.29. The van der Waals surface area contributed by atoms with Crippen LogP contribution in [0.5, 0.6) is 5.75 Å². The van der Waals surface area contributed by atoms with Gasteiger partial charge in [0.2, 0.25) is 0 Å². The van der Waals surface area contributed by atoms with E-state index in [2.05, 4.69) is 0 Å². The zero-order valence-corrected chi connectivity index (χ0v) is 10.1. The molecule has 3 heterocycles. The summed E-state index contributed by atoms with van der Waals surface area (Å²) in [7, 11) is 0. The highest BCUT2D eigenvalue weighted by atomic mass is 16.6. The van der Waals surface area contributed by atoms with Crippen LogP contribution < -0.4 is 10.3 Å². The first kappa shape index (κ1) is 12.6. The minimum Gasteiger partial charge on any atom is -0.493 e. The zero-order chi connectivity index (χ0) is 13.6. The van der Waals surface area contributed by atoms with E-state index >= 15 is 0 Å². The van der Waals surface area contributed by atoms with Crippen LogP contribution in [0.4, 0.5) is 0 Å². The summed E-state index contributed by atoms with van der Waals surface area (Å²) in [6.07, 6.45) is -2.38. The lowest BCUT2D eigenvalue weighted by atomic mass is 10.1. The molecule has 104 valence electrons. The Hall–Kier alpha value is -1.41. The number of hydrogen-bond donors (Lipinski definition) is 3. The Bertz CT molecular complexity index is 542. The quantitative estimate of drug-likeness (QED) is 0.597. The highest BCUT2D eigenvalue weighted by Gasteiger charge is 2.43. The lowest BCUT2D eigenvalue weighted by Gasteiger charge is -2.18. The van der Waals surface area contributed by atoms with E-state index in [0.717, 1.165) is 0 Å². The van der Waals surface area contributed by atoms with Crippen molar-refractivity contribution >= 4 is 0 Å². The third-order valence-corrected chi connectivity index (χ3v) is 3.58. The number of hydrogen-bond acceptors (Lipinski definition) is 6. The summed E-state index contributed by atoms with van der Waals surface area (Å²) in [6.45, 7) is 0.0437. The molecule has 3 rings (SSSR count). The lowest BCUT2D eigenvalue weighted by Crippen LogP contribution is -2.35. The minimum atomic E-state index is -1.25. The molecule has 0 radical (unpaired) electrons. The SMILES string of the molecule is O=c1c2c(ccn1[C@@H]1O[C@H](CO)[C@@H](O)[C@H]1O)OCC2. The molecule has 7 heteroatoms. The number of pyridine rings is 1. The number of rotatable bonds is 2. The molecule has 0 amide bonds. The van der Waals surface area contributed by atoms with Gasteiger partial charge in [-0.15, -0.1) is 0 Å². The summed E-state index contributed by atoms with van der Waals surface area (Å²) < 4.78 is 11.8. The summed E-state index contributed by atoms with van der Waals surface area (Å²) in [5.74, 6) is 0.549. The Morgan fingerprint density at radius 1 is 1.37 bits per heavy atom.